The molecule has 0 bridgehead atoms. The molecule has 0 saturated carbocycles. The molecule has 1 fully saturated rings. The lowest BCUT2D eigenvalue weighted by molar-refractivity contribution is -0.136. The fourth-order valence-corrected chi connectivity index (χ4v) is 1.51. The SMILES string of the molecule is CCOC(=O)C#CCN1CCCCC1. The van der Waals surface area contributed by atoms with Gasteiger partial charge in [-0.15, -0.1) is 0 Å². The molecule has 3 heteroatoms. The second-order valence-electron chi connectivity index (χ2n) is 3.36. The minimum absolute atomic E-state index is 0.400. The summed E-state index contributed by atoms with van der Waals surface area (Å²) < 4.78 is 4.70. The van der Waals surface area contributed by atoms with Gasteiger partial charge in [-0.25, -0.2) is 4.79 Å². The number of hydrogen-bond donors (Lipinski definition) is 0. The smallest absolute Gasteiger partial charge is 0.384 e. The van der Waals surface area contributed by atoms with E-state index < -0.39 is 5.97 Å². The molecule has 1 aliphatic heterocycles. The molecule has 0 aliphatic carbocycles. The zero-order chi connectivity index (χ0) is 10.2. The summed E-state index contributed by atoms with van der Waals surface area (Å²) in [4.78, 5) is 13.1. The topological polar surface area (TPSA) is 29.5 Å². The van der Waals surface area contributed by atoms with E-state index in [9.17, 15) is 4.79 Å². The minimum Gasteiger partial charge on any atom is -0.456 e. The normalized spacial score (nSPS) is 16.9. The fourth-order valence-electron chi connectivity index (χ4n) is 1.51. The van der Waals surface area contributed by atoms with Crippen LogP contribution >= 0.6 is 0 Å². The van der Waals surface area contributed by atoms with Crippen LogP contribution in [0.5, 0.6) is 0 Å². The third-order valence-corrected chi connectivity index (χ3v) is 2.22. The summed E-state index contributed by atoms with van der Waals surface area (Å²) >= 11 is 0. The third-order valence-electron chi connectivity index (χ3n) is 2.22. The molecular formula is C11H17NO2. The third kappa shape index (κ3) is 4.29. The summed E-state index contributed by atoms with van der Waals surface area (Å²) in [5.74, 6) is 4.91. The minimum atomic E-state index is -0.412. The summed E-state index contributed by atoms with van der Waals surface area (Å²) in [5.41, 5.74) is 0. The molecule has 0 radical (unpaired) electrons. The maximum Gasteiger partial charge on any atom is 0.384 e. The van der Waals surface area contributed by atoms with Crippen molar-refractivity contribution in [3.63, 3.8) is 0 Å². The Morgan fingerprint density at radius 2 is 2.07 bits per heavy atom. The van der Waals surface area contributed by atoms with E-state index >= 15 is 0 Å². The number of piperidine rings is 1. The number of carbonyl (C=O) groups excluding carboxylic acids is 1. The Labute approximate surface area is 85.4 Å². The van der Waals surface area contributed by atoms with Crippen molar-refractivity contribution in [3.05, 3.63) is 0 Å². The summed E-state index contributed by atoms with van der Waals surface area (Å²) in [7, 11) is 0. The van der Waals surface area contributed by atoms with Crippen LogP contribution in [-0.2, 0) is 9.53 Å². The first-order chi connectivity index (χ1) is 6.83. The number of carbonyl (C=O) groups is 1. The largest absolute Gasteiger partial charge is 0.456 e. The summed E-state index contributed by atoms with van der Waals surface area (Å²) in [5, 5.41) is 0. The molecule has 0 aromatic carbocycles. The standard InChI is InChI=1S/C11H17NO2/c1-2-14-11(13)7-6-10-12-8-4-3-5-9-12/h2-5,8-10H2,1H3. The molecule has 14 heavy (non-hydrogen) atoms. The van der Waals surface area contributed by atoms with Crippen molar-refractivity contribution in [2.75, 3.05) is 26.2 Å². The number of hydrogen-bond acceptors (Lipinski definition) is 3. The van der Waals surface area contributed by atoms with Gasteiger partial charge in [0.05, 0.1) is 13.2 Å². The Balaban J connectivity index is 2.20. The Morgan fingerprint density at radius 1 is 1.36 bits per heavy atom. The van der Waals surface area contributed by atoms with Crippen molar-refractivity contribution in [1.29, 1.82) is 0 Å². The number of rotatable bonds is 2. The van der Waals surface area contributed by atoms with Crippen molar-refractivity contribution in [2.24, 2.45) is 0 Å². The van der Waals surface area contributed by atoms with Crippen LogP contribution in [0.1, 0.15) is 26.2 Å². The second kappa shape index (κ2) is 6.44. The van der Waals surface area contributed by atoms with Crippen LogP contribution in [0.3, 0.4) is 0 Å². The van der Waals surface area contributed by atoms with Crippen molar-refractivity contribution < 1.29 is 9.53 Å². The van der Waals surface area contributed by atoms with Crippen LogP contribution < -0.4 is 0 Å². The lowest BCUT2D eigenvalue weighted by atomic mass is 10.1. The lowest BCUT2D eigenvalue weighted by Crippen LogP contribution is -2.29. The average Bonchev–Trinajstić information content (AvgIpc) is 2.20. The highest BCUT2D eigenvalue weighted by Crippen LogP contribution is 2.06. The molecule has 1 saturated heterocycles. The molecule has 1 heterocycles. The van der Waals surface area contributed by atoms with Gasteiger partial charge >= 0.3 is 5.97 Å². The van der Waals surface area contributed by atoms with Gasteiger partial charge < -0.3 is 4.74 Å². The van der Waals surface area contributed by atoms with E-state index in [1.165, 1.54) is 19.3 Å². The Hall–Kier alpha value is -1.01. The highest BCUT2D eigenvalue weighted by atomic mass is 16.5. The van der Waals surface area contributed by atoms with Crippen LogP contribution in [-0.4, -0.2) is 37.1 Å². The van der Waals surface area contributed by atoms with Gasteiger partial charge in [0, 0.05) is 5.92 Å². The molecule has 1 rings (SSSR count). The monoisotopic (exact) mass is 195 g/mol. The second-order valence-corrected chi connectivity index (χ2v) is 3.36. The maximum absolute atomic E-state index is 10.9. The van der Waals surface area contributed by atoms with Crippen LogP contribution in [0.2, 0.25) is 0 Å². The van der Waals surface area contributed by atoms with Gasteiger partial charge in [0.15, 0.2) is 0 Å². The Kier molecular flexibility index (Phi) is 5.09. The van der Waals surface area contributed by atoms with Gasteiger partial charge in [0.2, 0.25) is 0 Å². The molecule has 0 spiro atoms. The molecule has 3 nitrogen and oxygen atoms in total. The van der Waals surface area contributed by atoms with Gasteiger partial charge in [-0.05, 0) is 32.9 Å². The first-order valence-corrected chi connectivity index (χ1v) is 5.21. The molecule has 78 valence electrons. The number of esters is 1. The van der Waals surface area contributed by atoms with Gasteiger partial charge in [0.25, 0.3) is 0 Å². The zero-order valence-electron chi connectivity index (χ0n) is 8.71. The number of likely N-dealkylation sites (tertiary alicyclic amines) is 1. The van der Waals surface area contributed by atoms with Crippen LogP contribution in [0, 0.1) is 11.8 Å². The number of nitrogens with zero attached hydrogens (tertiary/aromatic N) is 1. The maximum atomic E-state index is 10.9. The lowest BCUT2D eigenvalue weighted by Gasteiger charge is -2.23. The van der Waals surface area contributed by atoms with Gasteiger partial charge in [-0.2, -0.15) is 0 Å². The quantitative estimate of drug-likeness (QED) is 0.374. The summed E-state index contributed by atoms with van der Waals surface area (Å²) in [6, 6.07) is 0. The van der Waals surface area contributed by atoms with Crippen molar-refractivity contribution in [1.82, 2.24) is 4.90 Å². The van der Waals surface area contributed by atoms with E-state index in [0.717, 1.165) is 13.1 Å². The first kappa shape index (κ1) is 11.1. The Morgan fingerprint density at radius 3 is 2.71 bits per heavy atom. The fraction of sp³-hybridized carbons (Fsp3) is 0.727. The van der Waals surface area contributed by atoms with E-state index in [-0.39, 0.29) is 0 Å². The van der Waals surface area contributed by atoms with Crippen molar-refractivity contribution in [3.8, 4) is 11.8 Å². The van der Waals surface area contributed by atoms with Crippen LogP contribution in [0.15, 0.2) is 0 Å². The first-order valence-electron chi connectivity index (χ1n) is 5.21. The summed E-state index contributed by atoms with van der Waals surface area (Å²) in [6.07, 6.45) is 3.82. The summed E-state index contributed by atoms with van der Waals surface area (Å²) in [6.45, 7) is 5.09. The highest BCUT2D eigenvalue weighted by molar-refractivity contribution is 5.88. The molecule has 1 aliphatic rings. The Bertz CT molecular complexity index is 233. The van der Waals surface area contributed by atoms with Crippen molar-refractivity contribution >= 4 is 5.97 Å². The molecule has 0 amide bonds. The molecule has 0 unspecified atom stereocenters. The van der Waals surface area contributed by atoms with E-state index in [0.29, 0.717) is 13.2 Å². The van der Waals surface area contributed by atoms with Crippen LogP contribution in [0.4, 0.5) is 0 Å². The van der Waals surface area contributed by atoms with E-state index in [1.807, 2.05) is 0 Å². The molecule has 0 N–H and O–H groups in total. The van der Waals surface area contributed by atoms with Gasteiger partial charge in [-0.3, -0.25) is 4.90 Å². The zero-order valence-corrected chi connectivity index (χ0v) is 8.71. The highest BCUT2D eigenvalue weighted by Gasteiger charge is 2.07. The molecule has 0 atom stereocenters. The molecule has 0 aromatic heterocycles. The number of ether oxygens (including phenoxy) is 1. The molecular weight excluding hydrogens is 178 g/mol. The van der Waals surface area contributed by atoms with E-state index in [2.05, 4.69) is 16.7 Å². The van der Waals surface area contributed by atoms with E-state index in [1.54, 1.807) is 6.92 Å². The predicted octanol–water partition coefficient (Wildman–Crippen LogP) is 1.04. The van der Waals surface area contributed by atoms with Gasteiger partial charge in [-0.1, -0.05) is 12.3 Å². The average molecular weight is 195 g/mol. The van der Waals surface area contributed by atoms with E-state index in [4.69, 9.17) is 4.74 Å². The van der Waals surface area contributed by atoms with Crippen molar-refractivity contribution in [2.45, 2.75) is 26.2 Å². The van der Waals surface area contributed by atoms with Crippen LogP contribution in [0.25, 0.3) is 0 Å². The molecule has 0 aromatic rings. The van der Waals surface area contributed by atoms with Gasteiger partial charge in [0.1, 0.15) is 0 Å². The predicted molar refractivity (Wildman–Crippen MR) is 54.7 cm³/mol.